The van der Waals surface area contributed by atoms with Crippen LogP contribution in [0.25, 0.3) is 11.0 Å². The van der Waals surface area contributed by atoms with Crippen molar-refractivity contribution in [2.45, 2.75) is 44.2 Å². The Balaban J connectivity index is 1.39. The Bertz CT molecular complexity index is 942. The highest BCUT2D eigenvalue weighted by atomic mass is 32.1. The molecule has 1 atom stereocenters. The van der Waals surface area contributed by atoms with Crippen molar-refractivity contribution in [1.29, 1.82) is 0 Å². The van der Waals surface area contributed by atoms with Crippen molar-refractivity contribution in [3.05, 3.63) is 46.7 Å². The van der Waals surface area contributed by atoms with E-state index < -0.39 is 0 Å². The van der Waals surface area contributed by atoms with E-state index >= 15 is 0 Å². The van der Waals surface area contributed by atoms with Gasteiger partial charge in [-0.15, -0.1) is 11.3 Å². The molecule has 0 spiro atoms. The normalized spacial score (nSPS) is 20.6. The van der Waals surface area contributed by atoms with E-state index in [1.165, 1.54) is 42.5 Å². The highest BCUT2D eigenvalue weighted by Gasteiger charge is 2.30. The summed E-state index contributed by atoms with van der Waals surface area (Å²) in [6.45, 7) is 1.76. The molecule has 1 N–H and O–H groups in total. The van der Waals surface area contributed by atoms with Crippen molar-refractivity contribution in [2.24, 2.45) is 0 Å². The highest BCUT2D eigenvalue weighted by Crippen LogP contribution is 2.37. The van der Waals surface area contributed by atoms with E-state index in [1.54, 1.807) is 0 Å². The molecule has 1 aliphatic carbocycles. The van der Waals surface area contributed by atoms with Gasteiger partial charge in [-0.3, -0.25) is 4.79 Å². The summed E-state index contributed by atoms with van der Waals surface area (Å²) in [5.74, 6) is 1.12. The summed E-state index contributed by atoms with van der Waals surface area (Å²) in [5.41, 5.74) is 2.32. The van der Waals surface area contributed by atoms with Crippen LogP contribution in [0.5, 0.6) is 0 Å². The Morgan fingerprint density at radius 1 is 1.11 bits per heavy atom. The van der Waals surface area contributed by atoms with Gasteiger partial charge in [0.15, 0.2) is 0 Å². The molecule has 3 aromatic rings. The first-order valence-corrected chi connectivity index (χ1v) is 10.7. The third-order valence-corrected chi connectivity index (χ3v) is 6.69. The first-order valence-electron chi connectivity index (χ1n) is 9.86. The number of anilines is 1. The summed E-state index contributed by atoms with van der Waals surface area (Å²) >= 11 is 1.49. The number of hydrogen-bond acceptors (Lipinski definition) is 4. The molecule has 1 saturated carbocycles. The Hall–Kier alpha value is -2.34. The minimum atomic E-state index is 0.0427. The van der Waals surface area contributed by atoms with Gasteiger partial charge in [-0.1, -0.05) is 31.0 Å². The van der Waals surface area contributed by atoms with Gasteiger partial charge in [-0.2, -0.15) is 0 Å². The summed E-state index contributed by atoms with van der Waals surface area (Å²) in [4.78, 5) is 20.5. The van der Waals surface area contributed by atoms with E-state index in [2.05, 4.69) is 39.0 Å². The molecule has 5 nitrogen and oxygen atoms in total. The number of para-hydroxylation sites is 2. The van der Waals surface area contributed by atoms with E-state index in [-0.39, 0.29) is 11.9 Å². The lowest BCUT2D eigenvalue weighted by atomic mass is 10.2. The lowest BCUT2D eigenvalue weighted by Gasteiger charge is -2.23. The lowest BCUT2D eigenvalue weighted by Crippen LogP contribution is -2.37. The van der Waals surface area contributed by atoms with Crippen molar-refractivity contribution >= 4 is 34.2 Å². The van der Waals surface area contributed by atoms with Gasteiger partial charge in [-0.25, -0.2) is 4.98 Å². The van der Waals surface area contributed by atoms with E-state index in [1.807, 2.05) is 17.5 Å². The van der Waals surface area contributed by atoms with Crippen LogP contribution in [0.1, 0.15) is 47.8 Å². The molecule has 27 heavy (non-hydrogen) atoms. The summed E-state index contributed by atoms with van der Waals surface area (Å²) in [6, 6.07) is 13.0. The molecule has 140 valence electrons. The minimum absolute atomic E-state index is 0.0427. The zero-order chi connectivity index (χ0) is 18.2. The molecule has 0 radical (unpaired) electrons. The number of carbonyl (C=O) groups excluding carboxylic acids is 1. The fraction of sp³-hybridized carbons (Fsp3) is 0.429. The molecule has 0 bridgehead atoms. The van der Waals surface area contributed by atoms with Crippen LogP contribution < -0.4 is 10.2 Å². The van der Waals surface area contributed by atoms with Crippen LogP contribution in [0.3, 0.4) is 0 Å². The van der Waals surface area contributed by atoms with Gasteiger partial charge < -0.3 is 14.8 Å². The fourth-order valence-electron chi connectivity index (χ4n) is 4.50. The summed E-state index contributed by atoms with van der Waals surface area (Å²) < 4.78 is 2.46. The second-order valence-corrected chi connectivity index (χ2v) is 8.54. The van der Waals surface area contributed by atoms with Crippen LogP contribution in [0, 0.1) is 0 Å². The van der Waals surface area contributed by atoms with Crippen molar-refractivity contribution < 1.29 is 4.79 Å². The van der Waals surface area contributed by atoms with Gasteiger partial charge in [0.1, 0.15) is 0 Å². The van der Waals surface area contributed by atoms with E-state index in [0.29, 0.717) is 6.04 Å². The Kier molecular flexibility index (Phi) is 4.36. The van der Waals surface area contributed by atoms with Gasteiger partial charge in [-0.05, 0) is 42.8 Å². The summed E-state index contributed by atoms with van der Waals surface area (Å²) in [6.07, 6.45) is 6.04. The third-order valence-electron chi connectivity index (χ3n) is 5.82. The van der Waals surface area contributed by atoms with Crippen LogP contribution in [0.2, 0.25) is 0 Å². The quantitative estimate of drug-likeness (QED) is 0.737. The standard InChI is InChI=1S/C21H24N4OS/c26-20(19-10-5-13-27-19)22-15-11-12-24(14-15)21-23-17-8-3-4-9-18(17)25(21)16-6-1-2-7-16/h3-5,8-10,13,15-16H,1-2,6-7,11-12,14H2,(H,22,26)/t15-/m0/s1. The van der Waals surface area contributed by atoms with Crippen LogP contribution in [0.15, 0.2) is 41.8 Å². The highest BCUT2D eigenvalue weighted by molar-refractivity contribution is 7.12. The predicted molar refractivity (Wildman–Crippen MR) is 110 cm³/mol. The topological polar surface area (TPSA) is 50.2 Å². The number of nitrogens with zero attached hydrogens (tertiary/aromatic N) is 3. The van der Waals surface area contributed by atoms with Gasteiger partial charge in [0.2, 0.25) is 5.95 Å². The molecule has 1 aromatic carbocycles. The second-order valence-electron chi connectivity index (χ2n) is 7.59. The number of aromatic nitrogens is 2. The fourth-order valence-corrected chi connectivity index (χ4v) is 5.13. The molecule has 1 aliphatic heterocycles. The van der Waals surface area contributed by atoms with Crippen molar-refractivity contribution in [2.75, 3.05) is 18.0 Å². The Labute approximate surface area is 163 Å². The zero-order valence-corrected chi connectivity index (χ0v) is 16.1. The maximum absolute atomic E-state index is 12.4. The van der Waals surface area contributed by atoms with Crippen molar-refractivity contribution in [3.63, 3.8) is 0 Å². The molecule has 5 rings (SSSR count). The van der Waals surface area contributed by atoms with Crippen LogP contribution in [-0.4, -0.2) is 34.6 Å². The number of rotatable bonds is 4. The molecular formula is C21H24N4OS. The number of imidazole rings is 1. The molecular weight excluding hydrogens is 356 g/mol. The largest absolute Gasteiger partial charge is 0.347 e. The molecule has 0 unspecified atom stereocenters. The van der Waals surface area contributed by atoms with E-state index in [0.717, 1.165) is 35.9 Å². The Morgan fingerprint density at radius 2 is 1.96 bits per heavy atom. The van der Waals surface area contributed by atoms with Crippen LogP contribution in [0.4, 0.5) is 5.95 Å². The number of hydrogen-bond donors (Lipinski definition) is 1. The number of amides is 1. The molecule has 6 heteroatoms. The molecule has 2 aromatic heterocycles. The van der Waals surface area contributed by atoms with Gasteiger partial charge >= 0.3 is 0 Å². The average Bonchev–Trinajstić information content (AvgIpc) is 3.46. The number of fused-ring (bicyclic) bond motifs is 1. The van der Waals surface area contributed by atoms with E-state index in [9.17, 15) is 4.79 Å². The molecule has 1 amide bonds. The summed E-state index contributed by atoms with van der Waals surface area (Å²) in [7, 11) is 0. The van der Waals surface area contributed by atoms with Crippen LogP contribution >= 0.6 is 11.3 Å². The number of carbonyl (C=O) groups is 1. The van der Waals surface area contributed by atoms with Gasteiger partial charge in [0, 0.05) is 25.2 Å². The van der Waals surface area contributed by atoms with E-state index in [4.69, 9.17) is 4.98 Å². The maximum Gasteiger partial charge on any atom is 0.261 e. The van der Waals surface area contributed by atoms with Crippen molar-refractivity contribution in [1.82, 2.24) is 14.9 Å². The number of nitrogens with one attached hydrogen (secondary N) is 1. The van der Waals surface area contributed by atoms with Crippen LogP contribution in [-0.2, 0) is 0 Å². The van der Waals surface area contributed by atoms with Gasteiger partial charge in [0.05, 0.1) is 15.9 Å². The molecule has 2 aliphatic rings. The van der Waals surface area contributed by atoms with Gasteiger partial charge in [0.25, 0.3) is 5.91 Å². The number of benzene rings is 1. The maximum atomic E-state index is 12.4. The SMILES string of the molecule is O=C(N[C@H]1CCN(c2nc3ccccc3n2C2CCCC2)C1)c1cccs1. The number of thiophene rings is 1. The predicted octanol–water partition coefficient (Wildman–Crippen LogP) is 4.22. The first kappa shape index (κ1) is 16.8. The van der Waals surface area contributed by atoms with Crippen molar-refractivity contribution in [3.8, 4) is 0 Å². The summed E-state index contributed by atoms with van der Waals surface area (Å²) in [5, 5.41) is 5.14. The minimum Gasteiger partial charge on any atom is -0.347 e. The lowest BCUT2D eigenvalue weighted by molar-refractivity contribution is 0.0944. The first-order chi connectivity index (χ1) is 13.3. The smallest absolute Gasteiger partial charge is 0.261 e. The molecule has 3 heterocycles. The third kappa shape index (κ3) is 3.12. The Morgan fingerprint density at radius 3 is 2.78 bits per heavy atom. The molecule has 2 fully saturated rings. The monoisotopic (exact) mass is 380 g/mol. The second kappa shape index (κ2) is 7.00. The zero-order valence-electron chi connectivity index (χ0n) is 15.3. The average molecular weight is 381 g/mol. The molecule has 1 saturated heterocycles.